The van der Waals surface area contributed by atoms with Crippen molar-refractivity contribution in [1.29, 1.82) is 0 Å². The zero-order valence-corrected chi connectivity index (χ0v) is 17.0. The van der Waals surface area contributed by atoms with E-state index in [1.807, 2.05) is 6.07 Å². The predicted octanol–water partition coefficient (Wildman–Crippen LogP) is 3.45. The van der Waals surface area contributed by atoms with E-state index >= 15 is 0 Å². The first-order valence-corrected chi connectivity index (χ1v) is 9.08. The molecule has 0 amide bonds. The van der Waals surface area contributed by atoms with Gasteiger partial charge in [0.05, 0.1) is 4.92 Å². The highest BCUT2D eigenvalue weighted by Crippen LogP contribution is 2.37. The normalized spacial score (nSPS) is 18.5. The first kappa shape index (κ1) is 23.8. The van der Waals surface area contributed by atoms with Crippen LogP contribution in [-0.4, -0.2) is 51.1 Å². The van der Waals surface area contributed by atoms with Gasteiger partial charge in [0.1, 0.15) is 5.69 Å². The van der Waals surface area contributed by atoms with Gasteiger partial charge in [0.25, 0.3) is 5.69 Å². The number of carbonyl (C=O) groups is 2. The average Bonchev–Trinajstić information content (AvgIpc) is 2.75. The lowest BCUT2D eigenvalue weighted by Crippen LogP contribution is -2.37. The molecule has 0 spiro atoms. The van der Waals surface area contributed by atoms with Crippen LogP contribution in [0.3, 0.4) is 0 Å². The van der Waals surface area contributed by atoms with Crippen molar-refractivity contribution in [2.24, 2.45) is 0 Å². The summed E-state index contributed by atoms with van der Waals surface area (Å²) in [6.07, 6.45) is 3.32. The number of allylic oxidation sites excluding steroid dienone is 1. The Labute approximate surface area is 169 Å². The minimum Gasteiger partial charge on any atom is -0.478 e. The third-order valence-corrected chi connectivity index (χ3v) is 4.44. The molecule has 9 nitrogen and oxygen atoms in total. The van der Waals surface area contributed by atoms with E-state index in [-0.39, 0.29) is 16.7 Å². The number of fused-ring (bicyclic) bond motifs is 1. The van der Waals surface area contributed by atoms with E-state index in [1.165, 1.54) is 5.57 Å². The number of hydrogen-bond acceptors (Lipinski definition) is 6. The maximum Gasteiger partial charge on any atom is 0.328 e. The third kappa shape index (κ3) is 7.38. The summed E-state index contributed by atoms with van der Waals surface area (Å²) in [6.45, 7) is 10.0. The number of nitrogens with one attached hydrogen (secondary N) is 1. The van der Waals surface area contributed by atoms with Crippen molar-refractivity contribution >= 4 is 23.3 Å². The highest BCUT2D eigenvalue weighted by Gasteiger charge is 2.29. The van der Waals surface area contributed by atoms with Gasteiger partial charge in [-0.2, -0.15) is 0 Å². The molecular weight excluding hydrogens is 378 g/mol. The van der Waals surface area contributed by atoms with Crippen molar-refractivity contribution in [3.63, 3.8) is 0 Å². The van der Waals surface area contributed by atoms with Crippen molar-refractivity contribution in [3.05, 3.63) is 57.7 Å². The minimum atomic E-state index is -1.26. The Morgan fingerprint density at radius 1 is 1.24 bits per heavy atom. The SMILES string of the molecule is CC(C)=CCN1[C@H](C)c2cccc([N+](=O)[O-])c2NC[C@@H]1C.O=C(O)/C=C/C(=O)O. The topological polar surface area (TPSA) is 133 Å². The molecule has 0 aliphatic carbocycles. The predicted molar refractivity (Wildman–Crippen MR) is 110 cm³/mol. The number of nitro groups is 1. The smallest absolute Gasteiger partial charge is 0.328 e. The van der Waals surface area contributed by atoms with Crippen LogP contribution >= 0.6 is 0 Å². The molecule has 158 valence electrons. The van der Waals surface area contributed by atoms with Crippen molar-refractivity contribution in [2.45, 2.75) is 39.8 Å². The first-order valence-electron chi connectivity index (χ1n) is 9.08. The molecule has 0 unspecified atom stereocenters. The fourth-order valence-corrected chi connectivity index (χ4v) is 2.95. The summed E-state index contributed by atoms with van der Waals surface area (Å²) in [5.74, 6) is -2.51. The Morgan fingerprint density at radius 3 is 2.31 bits per heavy atom. The Kier molecular flexibility index (Phi) is 9.01. The number of nitro benzene ring substituents is 1. The van der Waals surface area contributed by atoms with E-state index in [1.54, 1.807) is 12.1 Å². The summed E-state index contributed by atoms with van der Waals surface area (Å²) in [4.78, 5) is 32.4. The van der Waals surface area contributed by atoms with E-state index in [9.17, 15) is 19.7 Å². The van der Waals surface area contributed by atoms with E-state index in [0.717, 1.165) is 12.1 Å². The summed E-state index contributed by atoms with van der Waals surface area (Å²) in [5.41, 5.74) is 3.11. The fourth-order valence-electron chi connectivity index (χ4n) is 2.95. The summed E-state index contributed by atoms with van der Waals surface area (Å²) in [6, 6.07) is 5.76. The van der Waals surface area contributed by atoms with Crippen LogP contribution in [0.1, 0.15) is 39.3 Å². The number of carboxylic acid groups (broad SMARTS) is 2. The van der Waals surface area contributed by atoms with Gasteiger partial charge in [0.2, 0.25) is 0 Å². The van der Waals surface area contributed by atoms with Crippen molar-refractivity contribution in [3.8, 4) is 0 Å². The van der Waals surface area contributed by atoms with Crippen LogP contribution in [0.2, 0.25) is 0 Å². The first-order chi connectivity index (χ1) is 13.5. The largest absolute Gasteiger partial charge is 0.478 e. The number of anilines is 1. The van der Waals surface area contributed by atoms with Crippen LogP contribution in [0.15, 0.2) is 42.0 Å². The lowest BCUT2D eigenvalue weighted by atomic mass is 10.0. The zero-order chi connectivity index (χ0) is 22.1. The van der Waals surface area contributed by atoms with Gasteiger partial charge < -0.3 is 15.5 Å². The number of benzene rings is 1. The van der Waals surface area contributed by atoms with E-state index in [0.29, 0.717) is 30.4 Å². The number of hydrogen-bond donors (Lipinski definition) is 3. The lowest BCUT2D eigenvalue weighted by Gasteiger charge is -2.31. The molecule has 3 N–H and O–H groups in total. The zero-order valence-electron chi connectivity index (χ0n) is 17.0. The molecule has 2 atom stereocenters. The van der Waals surface area contributed by atoms with Gasteiger partial charge in [-0.25, -0.2) is 9.59 Å². The number of nitrogens with zero attached hydrogens (tertiary/aromatic N) is 2. The third-order valence-electron chi connectivity index (χ3n) is 4.44. The molecule has 2 rings (SSSR count). The number of aliphatic carboxylic acids is 2. The van der Waals surface area contributed by atoms with Gasteiger partial charge in [-0.15, -0.1) is 0 Å². The molecule has 0 fully saturated rings. The van der Waals surface area contributed by atoms with Gasteiger partial charge in [0, 0.05) is 43.4 Å². The minimum absolute atomic E-state index is 0.139. The standard InChI is InChI=1S/C16H23N3O2.C4H4O4/c1-11(2)8-9-18-12(3)10-17-16-14(13(18)4)6-5-7-15(16)19(20)21;5-3(6)1-2-4(7)8/h5-8,12-13,17H,9-10H2,1-4H3;1-2H,(H,5,6)(H,7,8)/b;2-1+/t12-,13+;/m0./s1. The number of carboxylic acids is 2. The molecule has 1 aromatic carbocycles. The van der Waals surface area contributed by atoms with E-state index < -0.39 is 11.9 Å². The maximum absolute atomic E-state index is 11.2. The van der Waals surface area contributed by atoms with Crippen molar-refractivity contribution in [1.82, 2.24) is 4.90 Å². The molecule has 1 heterocycles. The molecule has 29 heavy (non-hydrogen) atoms. The molecule has 0 bridgehead atoms. The van der Waals surface area contributed by atoms with Gasteiger partial charge in [-0.3, -0.25) is 15.0 Å². The Hall–Kier alpha value is -3.20. The van der Waals surface area contributed by atoms with E-state index in [4.69, 9.17) is 10.2 Å². The molecule has 0 radical (unpaired) electrons. The van der Waals surface area contributed by atoms with Crippen LogP contribution in [0.4, 0.5) is 11.4 Å². The molecule has 0 aromatic heterocycles. The molecule has 0 saturated heterocycles. The van der Waals surface area contributed by atoms with Gasteiger partial charge >= 0.3 is 11.9 Å². The Morgan fingerprint density at radius 2 is 1.83 bits per heavy atom. The fraction of sp³-hybridized carbons (Fsp3) is 0.400. The van der Waals surface area contributed by atoms with Crippen LogP contribution in [-0.2, 0) is 9.59 Å². The average molecular weight is 405 g/mol. The quantitative estimate of drug-likeness (QED) is 0.294. The number of para-hydroxylation sites is 1. The summed E-state index contributed by atoms with van der Waals surface area (Å²) < 4.78 is 0. The Balaban J connectivity index is 0.000000447. The van der Waals surface area contributed by atoms with E-state index in [2.05, 4.69) is 44.0 Å². The van der Waals surface area contributed by atoms with Crippen molar-refractivity contribution in [2.75, 3.05) is 18.4 Å². The molecule has 1 aliphatic heterocycles. The molecule has 0 saturated carbocycles. The van der Waals surface area contributed by atoms with Gasteiger partial charge in [-0.05, 0) is 33.3 Å². The second-order valence-corrected chi connectivity index (χ2v) is 6.89. The number of rotatable bonds is 5. The molecule has 1 aliphatic rings. The molecule has 9 heteroatoms. The summed E-state index contributed by atoms with van der Waals surface area (Å²) in [5, 5.41) is 30.1. The summed E-state index contributed by atoms with van der Waals surface area (Å²) >= 11 is 0. The molecular formula is C20H27N3O6. The van der Waals surface area contributed by atoms with Crippen LogP contribution < -0.4 is 5.32 Å². The van der Waals surface area contributed by atoms with Crippen LogP contribution in [0, 0.1) is 10.1 Å². The van der Waals surface area contributed by atoms with Crippen molar-refractivity contribution < 1.29 is 24.7 Å². The maximum atomic E-state index is 11.2. The summed E-state index contributed by atoms with van der Waals surface area (Å²) in [7, 11) is 0. The monoisotopic (exact) mass is 405 g/mol. The highest BCUT2D eigenvalue weighted by molar-refractivity contribution is 5.89. The second kappa shape index (κ2) is 11.0. The van der Waals surface area contributed by atoms with Gasteiger partial charge in [0.15, 0.2) is 0 Å². The van der Waals surface area contributed by atoms with Crippen LogP contribution in [0.25, 0.3) is 0 Å². The highest BCUT2D eigenvalue weighted by atomic mass is 16.6. The molecule has 1 aromatic rings. The second-order valence-electron chi connectivity index (χ2n) is 6.89. The lowest BCUT2D eigenvalue weighted by molar-refractivity contribution is -0.384. The van der Waals surface area contributed by atoms with Crippen LogP contribution in [0.5, 0.6) is 0 Å². The Bertz CT molecular complexity index is 798. The van der Waals surface area contributed by atoms with Gasteiger partial charge in [-0.1, -0.05) is 23.8 Å².